The average molecular weight is 400 g/mol. The smallest absolute Gasteiger partial charge is 0.123 e. The summed E-state index contributed by atoms with van der Waals surface area (Å²) in [6.45, 7) is 2.08. The van der Waals surface area contributed by atoms with Crippen LogP contribution in [0.1, 0.15) is 21.5 Å². The lowest BCUT2D eigenvalue weighted by Crippen LogP contribution is -1.98. The summed E-state index contributed by atoms with van der Waals surface area (Å²) in [6, 6.07) is 12.1. The SMILES string of the molecule is COc1ccc(OC)c(C(Br)c2ccc(Br)c(C)c2)c1. The van der Waals surface area contributed by atoms with E-state index in [1.54, 1.807) is 14.2 Å². The Morgan fingerprint density at radius 1 is 1.00 bits per heavy atom. The topological polar surface area (TPSA) is 18.5 Å². The minimum Gasteiger partial charge on any atom is -0.497 e. The van der Waals surface area contributed by atoms with Crippen LogP contribution < -0.4 is 9.47 Å². The zero-order chi connectivity index (χ0) is 14.7. The normalized spacial score (nSPS) is 12.1. The van der Waals surface area contributed by atoms with Crippen LogP contribution in [-0.2, 0) is 0 Å². The molecule has 20 heavy (non-hydrogen) atoms. The number of aryl methyl sites for hydroxylation is 1. The molecule has 0 saturated heterocycles. The van der Waals surface area contributed by atoms with E-state index >= 15 is 0 Å². The molecular weight excluding hydrogens is 384 g/mol. The second-order valence-electron chi connectivity index (χ2n) is 4.48. The maximum atomic E-state index is 5.45. The van der Waals surface area contributed by atoms with E-state index in [1.165, 1.54) is 11.1 Å². The average Bonchev–Trinajstić information content (AvgIpc) is 2.48. The van der Waals surface area contributed by atoms with Crippen molar-refractivity contribution in [1.82, 2.24) is 0 Å². The van der Waals surface area contributed by atoms with E-state index in [9.17, 15) is 0 Å². The van der Waals surface area contributed by atoms with Crippen LogP contribution in [0.3, 0.4) is 0 Å². The second-order valence-corrected chi connectivity index (χ2v) is 6.25. The van der Waals surface area contributed by atoms with Gasteiger partial charge in [-0.25, -0.2) is 0 Å². The maximum Gasteiger partial charge on any atom is 0.123 e. The van der Waals surface area contributed by atoms with Gasteiger partial charge in [-0.2, -0.15) is 0 Å². The molecule has 106 valence electrons. The predicted octanol–water partition coefficient (Wildman–Crippen LogP) is 5.26. The molecule has 0 amide bonds. The monoisotopic (exact) mass is 398 g/mol. The summed E-state index contributed by atoms with van der Waals surface area (Å²) in [5.74, 6) is 1.66. The Kier molecular flexibility index (Phi) is 5.11. The molecule has 2 aromatic rings. The van der Waals surface area contributed by atoms with Gasteiger partial charge in [0.2, 0.25) is 0 Å². The molecule has 0 radical (unpaired) electrons. The summed E-state index contributed by atoms with van der Waals surface area (Å²) in [5.41, 5.74) is 3.43. The van der Waals surface area contributed by atoms with Crippen molar-refractivity contribution in [1.29, 1.82) is 0 Å². The Morgan fingerprint density at radius 2 is 1.75 bits per heavy atom. The van der Waals surface area contributed by atoms with E-state index in [1.807, 2.05) is 18.2 Å². The number of alkyl halides is 1. The number of halogens is 2. The van der Waals surface area contributed by atoms with E-state index in [0.29, 0.717) is 0 Å². The third-order valence-electron chi connectivity index (χ3n) is 3.18. The molecule has 2 nitrogen and oxygen atoms in total. The third-order valence-corrected chi connectivity index (χ3v) is 5.10. The zero-order valence-corrected chi connectivity index (χ0v) is 14.8. The fourth-order valence-corrected chi connectivity index (χ4v) is 2.93. The minimum absolute atomic E-state index is 0.0550. The van der Waals surface area contributed by atoms with Gasteiger partial charge in [-0.3, -0.25) is 0 Å². The Balaban J connectivity index is 2.45. The lowest BCUT2D eigenvalue weighted by Gasteiger charge is -2.16. The molecule has 0 aromatic heterocycles. The van der Waals surface area contributed by atoms with Gasteiger partial charge in [0, 0.05) is 10.0 Å². The van der Waals surface area contributed by atoms with Crippen LogP contribution in [-0.4, -0.2) is 14.2 Å². The van der Waals surface area contributed by atoms with Crippen LogP contribution in [0.2, 0.25) is 0 Å². The van der Waals surface area contributed by atoms with Crippen LogP contribution in [0, 0.1) is 6.92 Å². The first-order valence-corrected chi connectivity index (χ1v) is 7.89. The van der Waals surface area contributed by atoms with Crippen LogP contribution in [0.25, 0.3) is 0 Å². The van der Waals surface area contributed by atoms with Crippen molar-refractivity contribution in [3.05, 3.63) is 57.6 Å². The van der Waals surface area contributed by atoms with E-state index in [0.717, 1.165) is 21.5 Å². The highest BCUT2D eigenvalue weighted by molar-refractivity contribution is 9.10. The Bertz CT molecular complexity index is 611. The van der Waals surface area contributed by atoms with Gasteiger partial charge in [0.1, 0.15) is 11.5 Å². The standard InChI is InChI=1S/C16H16Br2O2/c1-10-8-11(4-6-14(10)17)16(18)13-9-12(19-2)5-7-15(13)20-3/h4-9,16H,1-3H3. The van der Waals surface area contributed by atoms with Crippen LogP contribution in [0.15, 0.2) is 40.9 Å². The quantitative estimate of drug-likeness (QED) is 0.653. The molecule has 2 rings (SSSR count). The molecule has 0 N–H and O–H groups in total. The summed E-state index contributed by atoms with van der Waals surface area (Å²) >= 11 is 7.28. The summed E-state index contributed by atoms with van der Waals surface area (Å²) in [6.07, 6.45) is 0. The van der Waals surface area contributed by atoms with Crippen molar-refractivity contribution < 1.29 is 9.47 Å². The summed E-state index contributed by atoms with van der Waals surface area (Å²) in [7, 11) is 3.34. The number of ether oxygens (including phenoxy) is 2. The number of hydrogen-bond acceptors (Lipinski definition) is 2. The van der Waals surface area contributed by atoms with Gasteiger partial charge in [-0.05, 0) is 42.3 Å². The van der Waals surface area contributed by atoms with E-state index in [4.69, 9.17) is 9.47 Å². The molecule has 0 spiro atoms. The summed E-state index contributed by atoms with van der Waals surface area (Å²) in [5, 5.41) is 0. The van der Waals surface area contributed by atoms with E-state index in [2.05, 4.69) is 57.0 Å². The van der Waals surface area contributed by atoms with E-state index in [-0.39, 0.29) is 4.83 Å². The maximum absolute atomic E-state index is 5.45. The summed E-state index contributed by atoms with van der Waals surface area (Å²) in [4.78, 5) is 0.0550. The van der Waals surface area contributed by atoms with Crippen molar-refractivity contribution in [3.63, 3.8) is 0 Å². The highest BCUT2D eigenvalue weighted by Crippen LogP contribution is 2.39. The first-order chi connectivity index (χ1) is 9.56. The Morgan fingerprint density at radius 3 is 2.35 bits per heavy atom. The largest absolute Gasteiger partial charge is 0.497 e. The van der Waals surface area contributed by atoms with Crippen molar-refractivity contribution in [2.75, 3.05) is 14.2 Å². The van der Waals surface area contributed by atoms with Gasteiger partial charge in [0.15, 0.2) is 0 Å². The van der Waals surface area contributed by atoms with Gasteiger partial charge in [0.25, 0.3) is 0 Å². The fraction of sp³-hybridized carbons (Fsp3) is 0.250. The van der Waals surface area contributed by atoms with Crippen LogP contribution in [0.4, 0.5) is 0 Å². The number of methoxy groups -OCH3 is 2. The molecule has 4 heteroatoms. The predicted molar refractivity (Wildman–Crippen MR) is 89.2 cm³/mol. The van der Waals surface area contributed by atoms with E-state index < -0.39 is 0 Å². The molecule has 0 saturated carbocycles. The lowest BCUT2D eigenvalue weighted by molar-refractivity contribution is 0.399. The van der Waals surface area contributed by atoms with Gasteiger partial charge in [0.05, 0.1) is 19.0 Å². The van der Waals surface area contributed by atoms with Gasteiger partial charge < -0.3 is 9.47 Å². The van der Waals surface area contributed by atoms with Gasteiger partial charge >= 0.3 is 0 Å². The van der Waals surface area contributed by atoms with Crippen molar-refractivity contribution in [2.45, 2.75) is 11.8 Å². The van der Waals surface area contributed by atoms with Crippen LogP contribution in [0.5, 0.6) is 11.5 Å². The molecule has 0 heterocycles. The molecule has 0 fully saturated rings. The van der Waals surface area contributed by atoms with Crippen molar-refractivity contribution >= 4 is 31.9 Å². The molecule has 1 unspecified atom stereocenters. The molecular formula is C16H16Br2O2. The fourth-order valence-electron chi connectivity index (χ4n) is 2.04. The minimum atomic E-state index is 0.0550. The van der Waals surface area contributed by atoms with Gasteiger partial charge in [-0.15, -0.1) is 0 Å². The van der Waals surface area contributed by atoms with Crippen molar-refractivity contribution in [3.8, 4) is 11.5 Å². The Labute approximate surface area is 136 Å². The zero-order valence-electron chi connectivity index (χ0n) is 11.6. The first-order valence-electron chi connectivity index (χ1n) is 6.19. The first kappa shape index (κ1) is 15.4. The highest BCUT2D eigenvalue weighted by Gasteiger charge is 2.17. The van der Waals surface area contributed by atoms with Gasteiger partial charge in [-0.1, -0.05) is 44.0 Å². The molecule has 0 aliphatic rings. The van der Waals surface area contributed by atoms with Crippen molar-refractivity contribution in [2.24, 2.45) is 0 Å². The molecule has 1 atom stereocenters. The molecule has 0 aliphatic carbocycles. The molecule has 0 aliphatic heterocycles. The molecule has 2 aromatic carbocycles. The number of hydrogen-bond donors (Lipinski definition) is 0. The second kappa shape index (κ2) is 6.64. The highest BCUT2D eigenvalue weighted by atomic mass is 79.9. The summed E-state index contributed by atoms with van der Waals surface area (Å²) < 4.78 is 11.9. The third kappa shape index (κ3) is 3.18. The van der Waals surface area contributed by atoms with Crippen LogP contribution >= 0.6 is 31.9 Å². The number of benzene rings is 2. The molecule has 0 bridgehead atoms. The number of rotatable bonds is 4. The Hall–Kier alpha value is -1.00. The lowest BCUT2D eigenvalue weighted by atomic mass is 10.0.